The van der Waals surface area contributed by atoms with Crippen LogP contribution < -0.4 is 16.0 Å². The predicted molar refractivity (Wildman–Crippen MR) is 193 cm³/mol. The van der Waals surface area contributed by atoms with Gasteiger partial charge in [-0.1, -0.05) is 74.5 Å². The quantitative estimate of drug-likeness (QED) is 0.137. The summed E-state index contributed by atoms with van der Waals surface area (Å²) in [6.07, 6.45) is -4.15. The molecule has 2 aliphatic heterocycles. The molecule has 284 valence electrons. The Morgan fingerprint density at radius 1 is 0.962 bits per heavy atom. The Hall–Kier alpha value is -4.74. The number of benzene rings is 3. The topological polar surface area (TPSA) is 191 Å². The van der Waals surface area contributed by atoms with Crippen molar-refractivity contribution >= 4 is 39.3 Å². The summed E-state index contributed by atoms with van der Waals surface area (Å²) in [4.78, 5) is 30.4. The number of anilines is 1. The fourth-order valence-electron chi connectivity index (χ4n) is 6.48. The van der Waals surface area contributed by atoms with Gasteiger partial charge in [-0.05, 0) is 35.6 Å². The molecular weight excluding hydrogens is 706 g/mol. The minimum atomic E-state index is -4.13. The van der Waals surface area contributed by atoms with Crippen LogP contribution in [0.25, 0.3) is 11.1 Å². The molecule has 0 aliphatic carbocycles. The summed E-state index contributed by atoms with van der Waals surface area (Å²) in [6.45, 7) is 3.77. The summed E-state index contributed by atoms with van der Waals surface area (Å²) in [5.74, 6) is -0.603. The van der Waals surface area contributed by atoms with E-state index in [4.69, 9.17) is 23.4 Å². The summed E-state index contributed by atoms with van der Waals surface area (Å²) in [7, 11) is -2.49. The first kappa shape index (κ1) is 38.0. The molecule has 16 heteroatoms. The fourth-order valence-corrected chi connectivity index (χ4v) is 8.12. The summed E-state index contributed by atoms with van der Waals surface area (Å²) < 4.78 is 57.6. The van der Waals surface area contributed by atoms with E-state index >= 15 is 0 Å². The highest BCUT2D eigenvalue weighted by Gasteiger charge is 2.51. The zero-order valence-corrected chi connectivity index (χ0v) is 30.5. The number of oxazole rings is 1. The number of aliphatic hydroxyl groups excluding tert-OH is 1. The molecule has 0 spiro atoms. The Labute approximate surface area is 308 Å². The van der Waals surface area contributed by atoms with E-state index in [1.807, 2.05) is 74.5 Å². The second kappa shape index (κ2) is 16.9. The van der Waals surface area contributed by atoms with Gasteiger partial charge in [-0.15, -0.1) is 0 Å². The SMILES string of the molecule is CNc1nc2ccc(S(=O)(=O)N(CC(C)C)C[C@@H](O)[C@H](Cc3ccccc3)NC(=O)O[C@H]3CO[C@H]4OC[C@H](NC(=O)OCc5ccccc5)[C@H]43)cc2o1. The lowest BCUT2D eigenvalue weighted by atomic mass is 9.98. The number of aromatic nitrogens is 1. The summed E-state index contributed by atoms with van der Waals surface area (Å²) in [5.41, 5.74) is 2.42. The lowest BCUT2D eigenvalue weighted by molar-refractivity contribution is -0.0908. The maximum atomic E-state index is 14.0. The molecule has 2 amide bonds. The van der Waals surface area contributed by atoms with Crippen LogP contribution >= 0.6 is 0 Å². The predicted octanol–water partition coefficient (Wildman–Crippen LogP) is 3.88. The standard InChI is InChI=1S/C37H45N5O10S/c1-23(2)18-42(53(46,47)26-14-15-27-31(17-26)51-35(38-3)39-27)19-30(43)28(16-24-10-6-4-7-11-24)40-37(45)52-32-22-49-34-33(32)29(21-48-34)41-36(44)50-20-25-12-8-5-9-13-25/h4-15,17,23,28-30,32-34,43H,16,18-22H2,1-3H3,(H,38,39)(H,40,45)(H,41,44)/t28-,29-,30+,32-,33-,34+/m0/s1. The zero-order valence-electron chi connectivity index (χ0n) is 29.7. The molecular formula is C37H45N5O10S. The Bertz CT molecular complexity index is 1950. The number of fused-ring (bicyclic) bond motifs is 2. The van der Waals surface area contributed by atoms with Crippen molar-refractivity contribution in [1.82, 2.24) is 19.9 Å². The smallest absolute Gasteiger partial charge is 0.407 e. The number of alkyl carbamates (subject to hydrolysis) is 2. The number of aliphatic hydroxyl groups is 1. The normalized spacial score (nSPS) is 20.9. The van der Waals surface area contributed by atoms with Gasteiger partial charge in [0.1, 0.15) is 18.2 Å². The van der Waals surface area contributed by atoms with Crippen LogP contribution in [0.5, 0.6) is 0 Å². The molecule has 2 saturated heterocycles. The van der Waals surface area contributed by atoms with Crippen molar-refractivity contribution < 1.29 is 46.5 Å². The average molecular weight is 752 g/mol. The minimum Gasteiger partial charge on any atom is -0.445 e. The van der Waals surface area contributed by atoms with Crippen LogP contribution in [0.15, 0.2) is 88.2 Å². The van der Waals surface area contributed by atoms with Crippen LogP contribution in [0.2, 0.25) is 0 Å². The molecule has 3 heterocycles. The molecule has 6 atom stereocenters. The third-order valence-corrected chi connectivity index (χ3v) is 10.9. The van der Waals surface area contributed by atoms with Crippen molar-refractivity contribution in [2.75, 3.05) is 38.7 Å². The van der Waals surface area contributed by atoms with Gasteiger partial charge in [-0.25, -0.2) is 18.0 Å². The number of rotatable bonds is 15. The third kappa shape index (κ3) is 9.44. The van der Waals surface area contributed by atoms with Crippen LogP contribution in [0.1, 0.15) is 25.0 Å². The Morgan fingerprint density at radius 3 is 2.36 bits per heavy atom. The van der Waals surface area contributed by atoms with E-state index in [1.54, 1.807) is 13.1 Å². The summed E-state index contributed by atoms with van der Waals surface area (Å²) >= 11 is 0. The average Bonchev–Trinajstić information content (AvgIpc) is 3.87. The largest absolute Gasteiger partial charge is 0.445 e. The molecule has 3 aromatic carbocycles. The van der Waals surface area contributed by atoms with E-state index in [-0.39, 0.29) is 56.2 Å². The van der Waals surface area contributed by atoms with E-state index in [1.165, 1.54) is 16.4 Å². The molecule has 53 heavy (non-hydrogen) atoms. The van der Waals surface area contributed by atoms with Crippen molar-refractivity contribution in [2.24, 2.45) is 11.8 Å². The Balaban J connectivity index is 1.14. The zero-order chi connectivity index (χ0) is 37.5. The van der Waals surface area contributed by atoms with Crippen molar-refractivity contribution in [1.29, 1.82) is 0 Å². The van der Waals surface area contributed by atoms with Gasteiger partial charge in [-0.3, -0.25) is 0 Å². The van der Waals surface area contributed by atoms with E-state index < -0.39 is 58.7 Å². The van der Waals surface area contributed by atoms with Crippen molar-refractivity contribution in [2.45, 2.75) is 62.4 Å². The van der Waals surface area contributed by atoms with E-state index in [9.17, 15) is 23.1 Å². The maximum absolute atomic E-state index is 14.0. The van der Waals surface area contributed by atoms with E-state index in [2.05, 4.69) is 20.9 Å². The number of carbonyl (C=O) groups excluding carboxylic acids is 2. The van der Waals surface area contributed by atoms with Gasteiger partial charge >= 0.3 is 12.2 Å². The number of nitrogens with one attached hydrogen (secondary N) is 3. The molecule has 2 aliphatic rings. The highest BCUT2D eigenvalue weighted by molar-refractivity contribution is 7.89. The number of nitrogens with zero attached hydrogens (tertiary/aromatic N) is 2. The number of ether oxygens (including phenoxy) is 4. The fraction of sp³-hybridized carbons (Fsp3) is 0.432. The lowest BCUT2D eigenvalue weighted by Crippen LogP contribution is -2.52. The number of amides is 2. The van der Waals surface area contributed by atoms with Gasteiger partial charge in [0.2, 0.25) is 10.0 Å². The van der Waals surface area contributed by atoms with Crippen molar-refractivity contribution in [3.63, 3.8) is 0 Å². The second-order valence-electron chi connectivity index (χ2n) is 13.5. The molecule has 4 aromatic rings. The molecule has 0 bridgehead atoms. The van der Waals surface area contributed by atoms with Crippen LogP contribution in [-0.4, -0.2) is 98.9 Å². The molecule has 15 nitrogen and oxygen atoms in total. The van der Waals surface area contributed by atoms with Crippen LogP contribution in [-0.2, 0) is 42.0 Å². The number of carbonyl (C=O) groups is 2. The first-order valence-electron chi connectivity index (χ1n) is 17.5. The lowest BCUT2D eigenvalue weighted by Gasteiger charge is -2.31. The van der Waals surface area contributed by atoms with E-state index in [0.29, 0.717) is 11.1 Å². The summed E-state index contributed by atoms with van der Waals surface area (Å²) in [6, 6.07) is 21.6. The second-order valence-corrected chi connectivity index (χ2v) is 15.4. The highest BCUT2D eigenvalue weighted by Crippen LogP contribution is 2.34. The van der Waals surface area contributed by atoms with Gasteiger partial charge in [0.05, 0.1) is 42.2 Å². The third-order valence-electron chi connectivity index (χ3n) is 9.08. The number of sulfonamides is 1. The maximum Gasteiger partial charge on any atom is 0.407 e. The van der Waals surface area contributed by atoms with Gasteiger partial charge < -0.3 is 44.4 Å². The van der Waals surface area contributed by atoms with Crippen LogP contribution in [0, 0.1) is 11.8 Å². The van der Waals surface area contributed by atoms with E-state index in [0.717, 1.165) is 11.1 Å². The molecule has 1 aromatic heterocycles. The molecule has 0 radical (unpaired) electrons. The van der Waals surface area contributed by atoms with Crippen molar-refractivity contribution in [3.05, 3.63) is 90.0 Å². The number of hydrogen-bond donors (Lipinski definition) is 4. The van der Waals surface area contributed by atoms with Gasteiger partial charge in [-0.2, -0.15) is 9.29 Å². The first-order chi connectivity index (χ1) is 25.5. The van der Waals surface area contributed by atoms with Crippen molar-refractivity contribution in [3.8, 4) is 0 Å². The monoisotopic (exact) mass is 751 g/mol. The van der Waals surface area contributed by atoms with Crippen LogP contribution in [0.3, 0.4) is 0 Å². The summed E-state index contributed by atoms with van der Waals surface area (Å²) in [5, 5.41) is 20.1. The molecule has 0 saturated carbocycles. The van der Waals surface area contributed by atoms with Gasteiger partial charge in [0, 0.05) is 26.2 Å². The molecule has 4 N–H and O–H groups in total. The highest BCUT2D eigenvalue weighted by atomic mass is 32.2. The van der Waals surface area contributed by atoms with Gasteiger partial charge in [0.25, 0.3) is 6.01 Å². The van der Waals surface area contributed by atoms with Crippen LogP contribution in [0.4, 0.5) is 15.6 Å². The first-order valence-corrected chi connectivity index (χ1v) is 18.9. The van der Waals surface area contributed by atoms with Gasteiger partial charge in [0.15, 0.2) is 11.9 Å². The Kier molecular flexibility index (Phi) is 12.1. The minimum absolute atomic E-state index is 0.0229. The molecule has 6 rings (SSSR count). The number of hydrogen-bond acceptors (Lipinski definition) is 12. The molecule has 0 unspecified atom stereocenters. The Morgan fingerprint density at radius 2 is 1.66 bits per heavy atom. The molecule has 2 fully saturated rings.